The van der Waals surface area contributed by atoms with E-state index >= 15 is 0 Å². The van der Waals surface area contributed by atoms with Crippen LogP contribution in [0.3, 0.4) is 0 Å². The Morgan fingerprint density at radius 3 is 1.94 bits per heavy atom. The first-order valence-electron chi connectivity index (χ1n) is 7.99. The second kappa shape index (κ2) is 16.5. The summed E-state index contributed by atoms with van der Waals surface area (Å²) in [4.78, 5) is 0. The van der Waals surface area contributed by atoms with Gasteiger partial charge in [-0.3, -0.25) is 0 Å². The molecule has 0 atom stereocenters. The molecule has 0 radical (unpaired) electrons. The standard InChI is InChI=1S/C16H34N2/c1-2-3-4-12-15-18-16-13-10-8-6-5-7-9-11-14-17/h11,14,18H,2-10,12-13,15-17H2,1H3/b14-11+. The van der Waals surface area contributed by atoms with Gasteiger partial charge in [0.2, 0.25) is 0 Å². The lowest BCUT2D eigenvalue weighted by molar-refractivity contribution is 0.549. The van der Waals surface area contributed by atoms with Crippen molar-refractivity contribution in [1.82, 2.24) is 5.32 Å². The van der Waals surface area contributed by atoms with Gasteiger partial charge in [-0.1, -0.05) is 57.9 Å². The third-order valence-electron chi connectivity index (χ3n) is 3.32. The second-order valence-corrected chi connectivity index (χ2v) is 5.15. The molecule has 0 heterocycles. The molecular weight excluding hydrogens is 220 g/mol. The molecule has 3 N–H and O–H groups in total. The van der Waals surface area contributed by atoms with E-state index in [0.29, 0.717) is 0 Å². The number of hydrogen-bond acceptors (Lipinski definition) is 2. The first kappa shape index (κ1) is 17.5. The summed E-state index contributed by atoms with van der Waals surface area (Å²) >= 11 is 0. The number of nitrogens with one attached hydrogen (secondary N) is 1. The summed E-state index contributed by atoms with van der Waals surface area (Å²) in [7, 11) is 0. The van der Waals surface area contributed by atoms with Gasteiger partial charge in [0.1, 0.15) is 0 Å². The van der Waals surface area contributed by atoms with Crippen LogP contribution < -0.4 is 11.1 Å². The Balaban J connectivity index is 2.90. The Hall–Kier alpha value is -0.500. The van der Waals surface area contributed by atoms with Crippen LogP contribution in [0.4, 0.5) is 0 Å². The van der Waals surface area contributed by atoms with Gasteiger partial charge in [-0.15, -0.1) is 0 Å². The summed E-state index contributed by atoms with van der Waals surface area (Å²) < 4.78 is 0. The van der Waals surface area contributed by atoms with Crippen LogP contribution in [0.2, 0.25) is 0 Å². The maximum Gasteiger partial charge on any atom is -0.00489 e. The predicted molar refractivity (Wildman–Crippen MR) is 82.7 cm³/mol. The highest BCUT2D eigenvalue weighted by atomic mass is 14.8. The van der Waals surface area contributed by atoms with Crippen LogP contribution in [0.15, 0.2) is 12.3 Å². The quantitative estimate of drug-likeness (QED) is 0.452. The highest BCUT2D eigenvalue weighted by Gasteiger charge is 1.92. The van der Waals surface area contributed by atoms with Crippen LogP contribution in [0.5, 0.6) is 0 Å². The first-order valence-corrected chi connectivity index (χ1v) is 7.99. The predicted octanol–water partition coefficient (Wildman–Crippen LogP) is 4.36. The van der Waals surface area contributed by atoms with Gasteiger partial charge in [-0.05, 0) is 45.0 Å². The Morgan fingerprint density at radius 2 is 1.33 bits per heavy atom. The van der Waals surface area contributed by atoms with Gasteiger partial charge >= 0.3 is 0 Å². The maximum atomic E-state index is 5.29. The number of hydrogen-bond donors (Lipinski definition) is 2. The van der Waals surface area contributed by atoms with Crippen molar-refractivity contribution >= 4 is 0 Å². The number of rotatable bonds is 14. The van der Waals surface area contributed by atoms with Crippen molar-refractivity contribution in [3.63, 3.8) is 0 Å². The van der Waals surface area contributed by atoms with Gasteiger partial charge in [0.25, 0.3) is 0 Å². The van der Waals surface area contributed by atoms with Gasteiger partial charge in [-0.25, -0.2) is 0 Å². The summed E-state index contributed by atoms with van der Waals surface area (Å²) in [6, 6.07) is 0. The van der Waals surface area contributed by atoms with E-state index in [0.717, 1.165) is 6.42 Å². The molecule has 0 amide bonds. The average molecular weight is 254 g/mol. The highest BCUT2D eigenvalue weighted by Crippen LogP contribution is 2.07. The van der Waals surface area contributed by atoms with Gasteiger partial charge in [0.15, 0.2) is 0 Å². The van der Waals surface area contributed by atoms with E-state index in [9.17, 15) is 0 Å². The lowest BCUT2D eigenvalue weighted by Gasteiger charge is -2.04. The molecule has 0 spiro atoms. The number of unbranched alkanes of at least 4 members (excludes halogenated alkanes) is 9. The summed E-state index contributed by atoms with van der Waals surface area (Å²) in [6.45, 7) is 4.69. The lowest BCUT2D eigenvalue weighted by atomic mass is 10.1. The molecule has 0 bridgehead atoms. The van der Waals surface area contributed by atoms with Crippen molar-refractivity contribution < 1.29 is 0 Å². The normalized spacial score (nSPS) is 11.4. The van der Waals surface area contributed by atoms with Crippen LogP contribution in [0.25, 0.3) is 0 Å². The van der Waals surface area contributed by atoms with Crippen LogP contribution in [0, 0.1) is 0 Å². The van der Waals surface area contributed by atoms with Crippen LogP contribution >= 0.6 is 0 Å². The minimum atomic E-state index is 1.15. The molecule has 0 aliphatic rings. The van der Waals surface area contributed by atoms with E-state index in [2.05, 4.69) is 18.3 Å². The van der Waals surface area contributed by atoms with E-state index in [1.54, 1.807) is 6.20 Å². The first-order chi connectivity index (χ1) is 8.91. The van der Waals surface area contributed by atoms with Crippen molar-refractivity contribution in [1.29, 1.82) is 0 Å². The number of allylic oxidation sites excluding steroid dienone is 1. The summed E-state index contributed by atoms with van der Waals surface area (Å²) in [5.41, 5.74) is 5.29. The molecule has 2 nitrogen and oxygen atoms in total. The SMILES string of the molecule is CCCCCCNCCCCCCCC/C=C/N. The largest absolute Gasteiger partial charge is 0.405 e. The van der Waals surface area contributed by atoms with E-state index in [4.69, 9.17) is 5.73 Å². The molecular formula is C16H34N2. The molecule has 0 aliphatic carbocycles. The molecule has 0 aromatic rings. The van der Waals surface area contributed by atoms with Crippen molar-refractivity contribution in [3.05, 3.63) is 12.3 Å². The molecule has 0 saturated heterocycles. The zero-order chi connectivity index (χ0) is 13.3. The van der Waals surface area contributed by atoms with E-state index in [1.165, 1.54) is 77.3 Å². The van der Waals surface area contributed by atoms with Crippen molar-refractivity contribution in [2.45, 2.75) is 77.6 Å². The van der Waals surface area contributed by atoms with Crippen molar-refractivity contribution in [2.24, 2.45) is 5.73 Å². The molecule has 0 unspecified atom stereocenters. The van der Waals surface area contributed by atoms with Crippen LogP contribution in [-0.4, -0.2) is 13.1 Å². The van der Waals surface area contributed by atoms with E-state index in [1.807, 2.05) is 0 Å². The summed E-state index contributed by atoms with van der Waals surface area (Å²) in [5.74, 6) is 0. The minimum absolute atomic E-state index is 1.15. The fourth-order valence-corrected chi connectivity index (χ4v) is 2.12. The number of nitrogens with two attached hydrogens (primary N) is 1. The average Bonchev–Trinajstić information content (AvgIpc) is 2.39. The lowest BCUT2D eigenvalue weighted by Crippen LogP contribution is -2.16. The van der Waals surface area contributed by atoms with Crippen molar-refractivity contribution in [2.75, 3.05) is 13.1 Å². The van der Waals surface area contributed by atoms with Crippen molar-refractivity contribution in [3.8, 4) is 0 Å². The van der Waals surface area contributed by atoms with Crippen LogP contribution in [0.1, 0.15) is 77.6 Å². The summed E-state index contributed by atoms with van der Waals surface area (Å²) in [6.07, 6.45) is 18.5. The van der Waals surface area contributed by atoms with Gasteiger partial charge < -0.3 is 11.1 Å². The zero-order valence-electron chi connectivity index (χ0n) is 12.4. The van der Waals surface area contributed by atoms with Gasteiger partial charge in [-0.2, -0.15) is 0 Å². The molecule has 0 saturated carbocycles. The fourth-order valence-electron chi connectivity index (χ4n) is 2.12. The molecule has 0 fully saturated rings. The van der Waals surface area contributed by atoms with E-state index in [-0.39, 0.29) is 0 Å². The Labute approximate surface area is 114 Å². The van der Waals surface area contributed by atoms with Crippen LogP contribution in [-0.2, 0) is 0 Å². The molecule has 0 rings (SSSR count). The monoisotopic (exact) mass is 254 g/mol. The molecule has 18 heavy (non-hydrogen) atoms. The van der Waals surface area contributed by atoms with Gasteiger partial charge in [0, 0.05) is 0 Å². The zero-order valence-corrected chi connectivity index (χ0v) is 12.4. The molecule has 108 valence electrons. The Kier molecular flexibility index (Phi) is 16.0. The Morgan fingerprint density at radius 1 is 0.778 bits per heavy atom. The summed E-state index contributed by atoms with van der Waals surface area (Å²) in [5, 5.41) is 3.54. The fraction of sp³-hybridized carbons (Fsp3) is 0.875. The second-order valence-electron chi connectivity index (χ2n) is 5.15. The topological polar surface area (TPSA) is 38.0 Å². The van der Waals surface area contributed by atoms with Gasteiger partial charge in [0.05, 0.1) is 0 Å². The molecule has 0 aliphatic heterocycles. The minimum Gasteiger partial charge on any atom is -0.405 e. The third kappa shape index (κ3) is 15.5. The Bertz CT molecular complexity index is 166. The highest BCUT2D eigenvalue weighted by molar-refractivity contribution is 4.74. The molecule has 2 heteroatoms. The van der Waals surface area contributed by atoms with E-state index < -0.39 is 0 Å². The molecule has 0 aromatic heterocycles. The maximum absolute atomic E-state index is 5.29. The third-order valence-corrected chi connectivity index (χ3v) is 3.32. The smallest absolute Gasteiger partial charge is 0.00489 e. The molecule has 0 aromatic carbocycles.